The van der Waals surface area contributed by atoms with Crippen molar-refractivity contribution in [2.45, 2.75) is 39.3 Å². The number of oxazole rings is 1. The first-order chi connectivity index (χ1) is 11.8. The topological polar surface area (TPSA) is 90.5 Å². The van der Waals surface area contributed by atoms with Crippen molar-refractivity contribution >= 4 is 34.6 Å². The molecule has 1 atom stereocenters. The molecule has 0 saturated heterocycles. The fraction of sp³-hybridized carbons (Fsp3) is 0.471. The second-order valence-electron chi connectivity index (χ2n) is 6.15. The number of benzene rings is 1. The maximum Gasteiger partial charge on any atom is 0.419 e. The SMILES string of the molecule is COC(=O)[C@@H](CC(C)C)NC(=O)CCn1c(=O)oc2cc(Cl)ccc21. The van der Waals surface area contributed by atoms with Crippen LogP contribution in [0.2, 0.25) is 5.02 Å². The van der Waals surface area contributed by atoms with Gasteiger partial charge in [0.05, 0.1) is 12.6 Å². The van der Waals surface area contributed by atoms with Crippen molar-refractivity contribution in [3.63, 3.8) is 0 Å². The molecule has 0 bridgehead atoms. The number of hydrogen-bond acceptors (Lipinski definition) is 5. The Morgan fingerprint density at radius 3 is 2.72 bits per heavy atom. The number of aromatic nitrogens is 1. The predicted octanol–water partition coefficient (Wildman–Crippen LogP) is 2.34. The molecule has 0 saturated carbocycles. The Bertz CT molecular complexity index is 824. The van der Waals surface area contributed by atoms with E-state index in [1.165, 1.54) is 11.7 Å². The lowest BCUT2D eigenvalue weighted by molar-refractivity contribution is -0.145. The number of amides is 1. The number of nitrogens with zero attached hydrogens (tertiary/aromatic N) is 1. The lowest BCUT2D eigenvalue weighted by atomic mass is 10.0. The molecule has 7 nitrogen and oxygen atoms in total. The van der Waals surface area contributed by atoms with Crippen molar-refractivity contribution in [1.29, 1.82) is 0 Å². The summed E-state index contributed by atoms with van der Waals surface area (Å²) in [4.78, 5) is 35.9. The number of aryl methyl sites for hydroxylation is 1. The number of nitrogens with one attached hydrogen (secondary N) is 1. The number of halogens is 1. The Morgan fingerprint density at radius 2 is 2.08 bits per heavy atom. The van der Waals surface area contributed by atoms with Crippen LogP contribution in [-0.4, -0.2) is 29.6 Å². The van der Waals surface area contributed by atoms with Gasteiger partial charge in [-0.25, -0.2) is 9.59 Å². The molecule has 0 spiro atoms. The van der Waals surface area contributed by atoms with Gasteiger partial charge in [0.1, 0.15) is 6.04 Å². The minimum atomic E-state index is -0.700. The summed E-state index contributed by atoms with van der Waals surface area (Å²) in [7, 11) is 1.28. The van der Waals surface area contributed by atoms with Gasteiger partial charge in [-0.3, -0.25) is 9.36 Å². The summed E-state index contributed by atoms with van der Waals surface area (Å²) in [5.74, 6) is -1.17. The molecule has 1 N–H and O–H groups in total. The van der Waals surface area contributed by atoms with Gasteiger partial charge in [-0.1, -0.05) is 25.4 Å². The van der Waals surface area contributed by atoms with Crippen LogP contribution >= 0.6 is 11.6 Å². The van der Waals surface area contributed by atoms with Crippen molar-refractivity contribution in [2.75, 3.05) is 7.11 Å². The fourth-order valence-electron chi connectivity index (χ4n) is 2.56. The number of hydrogen-bond donors (Lipinski definition) is 1. The number of carbonyl (C=O) groups is 2. The third-order valence-electron chi connectivity index (χ3n) is 3.72. The van der Waals surface area contributed by atoms with E-state index in [1.54, 1.807) is 18.2 Å². The normalized spacial score (nSPS) is 12.4. The standard InChI is InChI=1S/C17H21ClN2O5/c1-10(2)8-12(16(22)24-3)19-15(21)6-7-20-13-5-4-11(18)9-14(13)25-17(20)23/h4-5,9-10,12H,6-8H2,1-3H3,(H,19,21)/t12-/m1/s1. The number of ether oxygens (including phenoxy) is 1. The van der Waals surface area contributed by atoms with E-state index in [0.29, 0.717) is 22.5 Å². The molecule has 0 fully saturated rings. The van der Waals surface area contributed by atoms with E-state index in [0.717, 1.165) is 0 Å². The summed E-state index contributed by atoms with van der Waals surface area (Å²) in [6, 6.07) is 4.15. The first-order valence-electron chi connectivity index (χ1n) is 7.98. The van der Waals surface area contributed by atoms with Crippen LogP contribution in [0.15, 0.2) is 27.4 Å². The maximum atomic E-state index is 12.2. The molecule has 2 rings (SSSR count). The van der Waals surface area contributed by atoms with E-state index < -0.39 is 17.8 Å². The Hall–Kier alpha value is -2.28. The van der Waals surface area contributed by atoms with Gasteiger partial charge in [0.2, 0.25) is 5.91 Å². The lowest BCUT2D eigenvalue weighted by Gasteiger charge is -2.18. The number of carbonyl (C=O) groups excluding carboxylic acids is 2. The highest BCUT2D eigenvalue weighted by Crippen LogP contribution is 2.18. The van der Waals surface area contributed by atoms with Gasteiger partial charge >= 0.3 is 11.7 Å². The summed E-state index contributed by atoms with van der Waals surface area (Å²) >= 11 is 5.87. The van der Waals surface area contributed by atoms with E-state index in [4.69, 9.17) is 20.8 Å². The largest absolute Gasteiger partial charge is 0.467 e. The molecule has 0 aliphatic carbocycles. The zero-order valence-electron chi connectivity index (χ0n) is 14.4. The van der Waals surface area contributed by atoms with Crippen LogP contribution in [0.1, 0.15) is 26.7 Å². The number of methoxy groups -OCH3 is 1. The maximum absolute atomic E-state index is 12.2. The van der Waals surface area contributed by atoms with Crippen molar-refractivity contribution < 1.29 is 18.7 Å². The molecule has 1 heterocycles. The smallest absolute Gasteiger partial charge is 0.419 e. The molecule has 8 heteroatoms. The van der Waals surface area contributed by atoms with Crippen LogP contribution < -0.4 is 11.1 Å². The molecule has 136 valence electrons. The molecule has 1 aromatic carbocycles. The molecule has 0 unspecified atom stereocenters. The fourth-order valence-corrected chi connectivity index (χ4v) is 2.72. The molecule has 1 aromatic heterocycles. The molecule has 0 aliphatic rings. The molecule has 0 aliphatic heterocycles. The Balaban J connectivity index is 2.05. The van der Waals surface area contributed by atoms with Gasteiger partial charge in [-0.15, -0.1) is 0 Å². The highest BCUT2D eigenvalue weighted by molar-refractivity contribution is 6.31. The highest BCUT2D eigenvalue weighted by atomic mass is 35.5. The van der Waals surface area contributed by atoms with Crippen LogP contribution in [0.4, 0.5) is 0 Å². The van der Waals surface area contributed by atoms with Gasteiger partial charge in [-0.05, 0) is 24.5 Å². The van der Waals surface area contributed by atoms with Crippen LogP contribution in [0.25, 0.3) is 11.1 Å². The lowest BCUT2D eigenvalue weighted by Crippen LogP contribution is -2.42. The summed E-state index contributed by atoms with van der Waals surface area (Å²) in [5.41, 5.74) is 0.930. The first-order valence-corrected chi connectivity index (χ1v) is 8.35. The van der Waals surface area contributed by atoms with Gasteiger partial charge < -0.3 is 14.5 Å². The highest BCUT2D eigenvalue weighted by Gasteiger charge is 2.22. The summed E-state index contributed by atoms with van der Waals surface area (Å²) in [5, 5.41) is 3.12. The van der Waals surface area contributed by atoms with E-state index >= 15 is 0 Å². The molecule has 1 amide bonds. The Kier molecular flexibility index (Phi) is 6.25. The predicted molar refractivity (Wildman–Crippen MR) is 93.5 cm³/mol. The van der Waals surface area contributed by atoms with Gasteiger partial charge in [0.25, 0.3) is 0 Å². The van der Waals surface area contributed by atoms with Gasteiger partial charge in [0.15, 0.2) is 5.58 Å². The number of fused-ring (bicyclic) bond motifs is 1. The van der Waals surface area contributed by atoms with Crippen molar-refractivity contribution in [3.05, 3.63) is 33.8 Å². The summed E-state index contributed by atoms with van der Waals surface area (Å²) in [6.07, 6.45) is 0.508. The van der Waals surface area contributed by atoms with Gasteiger partial charge in [0, 0.05) is 24.1 Å². The quantitative estimate of drug-likeness (QED) is 0.757. The molecule has 0 radical (unpaired) electrons. The van der Waals surface area contributed by atoms with Gasteiger partial charge in [-0.2, -0.15) is 0 Å². The minimum Gasteiger partial charge on any atom is -0.467 e. The minimum absolute atomic E-state index is 0.0305. The molecular weight excluding hydrogens is 348 g/mol. The van der Waals surface area contributed by atoms with Crippen LogP contribution in [0.5, 0.6) is 0 Å². The van der Waals surface area contributed by atoms with E-state index in [1.807, 2.05) is 13.8 Å². The van der Waals surface area contributed by atoms with Crippen molar-refractivity contribution in [3.8, 4) is 0 Å². The van der Waals surface area contributed by atoms with E-state index in [9.17, 15) is 14.4 Å². The Labute approximate surface area is 149 Å². The second-order valence-corrected chi connectivity index (χ2v) is 6.59. The number of esters is 1. The second kappa shape index (κ2) is 8.20. The zero-order chi connectivity index (χ0) is 18.6. The monoisotopic (exact) mass is 368 g/mol. The molecular formula is C17H21ClN2O5. The number of rotatable bonds is 7. The van der Waals surface area contributed by atoms with E-state index in [2.05, 4.69) is 5.32 Å². The average Bonchev–Trinajstić information content (AvgIpc) is 2.85. The molecule has 25 heavy (non-hydrogen) atoms. The average molecular weight is 369 g/mol. The van der Waals surface area contributed by atoms with Crippen molar-refractivity contribution in [2.24, 2.45) is 5.92 Å². The zero-order valence-corrected chi connectivity index (χ0v) is 15.1. The molecule has 2 aromatic rings. The van der Waals surface area contributed by atoms with Crippen LogP contribution in [0, 0.1) is 5.92 Å². The third kappa shape index (κ3) is 4.85. The van der Waals surface area contributed by atoms with Crippen LogP contribution in [-0.2, 0) is 20.9 Å². The summed E-state index contributed by atoms with van der Waals surface area (Å²) in [6.45, 7) is 4.03. The van der Waals surface area contributed by atoms with E-state index in [-0.39, 0.29) is 24.8 Å². The summed E-state index contributed by atoms with van der Waals surface area (Å²) < 4.78 is 11.2. The third-order valence-corrected chi connectivity index (χ3v) is 3.96. The first kappa shape index (κ1) is 19.1. The Morgan fingerprint density at radius 1 is 1.36 bits per heavy atom. The van der Waals surface area contributed by atoms with Crippen LogP contribution in [0.3, 0.4) is 0 Å². The van der Waals surface area contributed by atoms with Crippen molar-refractivity contribution in [1.82, 2.24) is 9.88 Å².